The second kappa shape index (κ2) is 6.25. The number of nitrogens with zero attached hydrogens (tertiary/aromatic N) is 2. The van der Waals surface area contributed by atoms with E-state index in [0.717, 1.165) is 45.8 Å². The number of hydrogen-bond donors (Lipinski definition) is 2. The van der Waals surface area contributed by atoms with Gasteiger partial charge in [0.05, 0.1) is 23.7 Å². The standard InChI is InChI=1S/C20H16N4O/c21-8-5-13-1-3-14(4-2-13)18-11-15(6-9-22-18)19-12-16-17(24-19)7-10-23-20(16)25/h1-4,6,9,11-12,24H,5,7,10H2,(H,23,25). The maximum Gasteiger partial charge on any atom is 0.253 e. The van der Waals surface area contributed by atoms with Crippen molar-refractivity contribution in [2.24, 2.45) is 0 Å². The molecule has 3 heterocycles. The van der Waals surface area contributed by atoms with Crippen LogP contribution in [0.25, 0.3) is 22.5 Å². The number of fused-ring (bicyclic) bond motifs is 1. The number of amides is 1. The van der Waals surface area contributed by atoms with Gasteiger partial charge in [-0.2, -0.15) is 5.26 Å². The zero-order chi connectivity index (χ0) is 17.2. The van der Waals surface area contributed by atoms with Crippen molar-refractivity contribution in [2.45, 2.75) is 12.8 Å². The van der Waals surface area contributed by atoms with Crippen LogP contribution in [-0.2, 0) is 12.8 Å². The molecule has 1 aliphatic heterocycles. The summed E-state index contributed by atoms with van der Waals surface area (Å²) in [6.07, 6.45) is 3.00. The summed E-state index contributed by atoms with van der Waals surface area (Å²) in [5.74, 6) is -0.0221. The predicted molar refractivity (Wildman–Crippen MR) is 94.8 cm³/mol. The lowest BCUT2D eigenvalue weighted by atomic mass is 10.0. The molecule has 122 valence electrons. The molecule has 5 nitrogen and oxygen atoms in total. The van der Waals surface area contributed by atoms with E-state index in [9.17, 15) is 4.79 Å². The summed E-state index contributed by atoms with van der Waals surface area (Å²) in [5.41, 5.74) is 6.47. The summed E-state index contributed by atoms with van der Waals surface area (Å²) in [4.78, 5) is 19.7. The van der Waals surface area contributed by atoms with Gasteiger partial charge in [0.1, 0.15) is 0 Å². The van der Waals surface area contributed by atoms with Crippen LogP contribution in [0.15, 0.2) is 48.7 Å². The third-order valence-electron chi connectivity index (χ3n) is 4.41. The van der Waals surface area contributed by atoms with E-state index in [1.54, 1.807) is 6.20 Å². The number of H-pyrrole nitrogens is 1. The van der Waals surface area contributed by atoms with Crippen molar-refractivity contribution in [3.63, 3.8) is 0 Å². The molecule has 0 saturated heterocycles. The zero-order valence-electron chi connectivity index (χ0n) is 13.5. The van der Waals surface area contributed by atoms with E-state index in [4.69, 9.17) is 5.26 Å². The number of nitrogens with one attached hydrogen (secondary N) is 2. The van der Waals surface area contributed by atoms with Gasteiger partial charge >= 0.3 is 0 Å². The zero-order valence-corrected chi connectivity index (χ0v) is 13.5. The molecule has 0 bridgehead atoms. The number of carbonyl (C=O) groups excluding carboxylic acids is 1. The predicted octanol–water partition coefficient (Wildman–Crippen LogP) is 3.10. The first-order valence-corrected chi connectivity index (χ1v) is 8.17. The Labute approximate surface area is 145 Å². The number of benzene rings is 1. The first-order chi connectivity index (χ1) is 12.2. The van der Waals surface area contributed by atoms with Crippen molar-refractivity contribution in [2.75, 3.05) is 6.54 Å². The van der Waals surface area contributed by atoms with Gasteiger partial charge in [0, 0.05) is 41.7 Å². The summed E-state index contributed by atoms with van der Waals surface area (Å²) in [6, 6.07) is 15.8. The van der Waals surface area contributed by atoms with Gasteiger partial charge in [-0.15, -0.1) is 0 Å². The van der Waals surface area contributed by atoms with E-state index in [0.29, 0.717) is 13.0 Å². The average molecular weight is 328 g/mol. The minimum atomic E-state index is -0.0221. The molecule has 2 aromatic heterocycles. The fraction of sp³-hybridized carbons (Fsp3) is 0.150. The third kappa shape index (κ3) is 2.90. The monoisotopic (exact) mass is 328 g/mol. The van der Waals surface area contributed by atoms with Crippen molar-refractivity contribution in [3.05, 3.63) is 65.5 Å². The minimum Gasteiger partial charge on any atom is -0.358 e. The Balaban J connectivity index is 1.68. The second-order valence-corrected chi connectivity index (χ2v) is 6.04. The minimum absolute atomic E-state index is 0.0221. The molecule has 0 fully saturated rings. The van der Waals surface area contributed by atoms with E-state index in [-0.39, 0.29) is 5.91 Å². The lowest BCUT2D eigenvalue weighted by Gasteiger charge is -2.10. The summed E-state index contributed by atoms with van der Waals surface area (Å²) in [7, 11) is 0. The van der Waals surface area contributed by atoms with Crippen LogP contribution in [-0.4, -0.2) is 22.4 Å². The maximum atomic E-state index is 11.9. The Morgan fingerprint density at radius 1 is 1.12 bits per heavy atom. The average Bonchev–Trinajstić information content (AvgIpc) is 3.09. The fourth-order valence-corrected chi connectivity index (χ4v) is 3.09. The van der Waals surface area contributed by atoms with Gasteiger partial charge in [-0.1, -0.05) is 24.3 Å². The SMILES string of the molecule is N#CCc1ccc(-c2cc(-c3cc4c([nH]3)CCNC4=O)ccn2)cc1. The molecule has 1 aliphatic rings. The molecule has 0 saturated carbocycles. The molecule has 0 spiro atoms. The number of rotatable bonds is 3. The number of pyridine rings is 1. The number of hydrogen-bond acceptors (Lipinski definition) is 3. The van der Waals surface area contributed by atoms with E-state index in [1.807, 2.05) is 42.5 Å². The van der Waals surface area contributed by atoms with Crippen LogP contribution < -0.4 is 5.32 Å². The van der Waals surface area contributed by atoms with E-state index in [1.165, 1.54) is 0 Å². The van der Waals surface area contributed by atoms with Crippen LogP contribution in [0.4, 0.5) is 0 Å². The molecule has 25 heavy (non-hydrogen) atoms. The molecule has 0 radical (unpaired) electrons. The van der Waals surface area contributed by atoms with Gasteiger partial charge in [-0.3, -0.25) is 9.78 Å². The van der Waals surface area contributed by atoms with E-state index < -0.39 is 0 Å². The van der Waals surface area contributed by atoms with Gasteiger partial charge < -0.3 is 10.3 Å². The Morgan fingerprint density at radius 3 is 2.72 bits per heavy atom. The number of aromatic nitrogens is 2. The Hall–Kier alpha value is -3.39. The van der Waals surface area contributed by atoms with Crippen LogP contribution in [0.3, 0.4) is 0 Å². The highest BCUT2D eigenvalue weighted by Gasteiger charge is 2.20. The molecular formula is C20H16N4O. The van der Waals surface area contributed by atoms with Gasteiger partial charge in [-0.25, -0.2) is 0 Å². The van der Waals surface area contributed by atoms with E-state index >= 15 is 0 Å². The summed E-state index contributed by atoms with van der Waals surface area (Å²) in [6.45, 7) is 0.669. The van der Waals surface area contributed by atoms with Crippen LogP contribution in [0, 0.1) is 11.3 Å². The smallest absolute Gasteiger partial charge is 0.253 e. The molecule has 0 aliphatic carbocycles. The van der Waals surface area contributed by atoms with Gasteiger partial charge in [0.15, 0.2) is 0 Å². The highest BCUT2D eigenvalue weighted by Crippen LogP contribution is 2.27. The quantitative estimate of drug-likeness (QED) is 0.775. The summed E-state index contributed by atoms with van der Waals surface area (Å²) in [5, 5.41) is 11.6. The normalized spacial score (nSPS) is 13.0. The molecule has 5 heteroatoms. The molecule has 2 N–H and O–H groups in total. The Kier molecular flexibility index (Phi) is 3.79. The largest absolute Gasteiger partial charge is 0.358 e. The van der Waals surface area contributed by atoms with Crippen LogP contribution >= 0.6 is 0 Å². The molecule has 1 aromatic carbocycles. The first kappa shape index (κ1) is 15.2. The molecule has 1 amide bonds. The van der Waals surface area contributed by atoms with Gasteiger partial charge in [0.25, 0.3) is 5.91 Å². The third-order valence-corrected chi connectivity index (χ3v) is 4.41. The van der Waals surface area contributed by atoms with Crippen LogP contribution in [0.5, 0.6) is 0 Å². The number of nitriles is 1. The highest BCUT2D eigenvalue weighted by atomic mass is 16.1. The maximum absolute atomic E-state index is 11.9. The fourth-order valence-electron chi connectivity index (χ4n) is 3.09. The first-order valence-electron chi connectivity index (χ1n) is 8.17. The molecule has 3 aromatic rings. The molecular weight excluding hydrogens is 312 g/mol. The van der Waals surface area contributed by atoms with Crippen LogP contribution in [0.1, 0.15) is 21.6 Å². The molecule has 0 unspecified atom stereocenters. The topological polar surface area (TPSA) is 81.6 Å². The Morgan fingerprint density at radius 2 is 1.96 bits per heavy atom. The summed E-state index contributed by atoms with van der Waals surface area (Å²) < 4.78 is 0. The van der Waals surface area contributed by atoms with Gasteiger partial charge in [0.2, 0.25) is 0 Å². The van der Waals surface area contributed by atoms with Crippen molar-refractivity contribution < 1.29 is 4.79 Å². The van der Waals surface area contributed by atoms with Gasteiger partial charge in [-0.05, 0) is 23.8 Å². The molecule has 4 rings (SSSR count). The van der Waals surface area contributed by atoms with Crippen molar-refractivity contribution >= 4 is 5.91 Å². The number of carbonyl (C=O) groups is 1. The lowest BCUT2D eigenvalue weighted by molar-refractivity contribution is 0.0946. The highest BCUT2D eigenvalue weighted by molar-refractivity contribution is 5.97. The van der Waals surface area contributed by atoms with Crippen LogP contribution in [0.2, 0.25) is 0 Å². The Bertz CT molecular complexity index is 980. The van der Waals surface area contributed by atoms with E-state index in [2.05, 4.69) is 21.4 Å². The number of aromatic amines is 1. The van der Waals surface area contributed by atoms with Crippen molar-refractivity contribution in [3.8, 4) is 28.6 Å². The lowest BCUT2D eigenvalue weighted by Crippen LogP contribution is -2.31. The second-order valence-electron chi connectivity index (χ2n) is 6.04. The summed E-state index contributed by atoms with van der Waals surface area (Å²) >= 11 is 0. The van der Waals surface area contributed by atoms with Crippen molar-refractivity contribution in [1.29, 1.82) is 5.26 Å². The van der Waals surface area contributed by atoms with Crippen molar-refractivity contribution in [1.82, 2.24) is 15.3 Å². The molecule has 0 atom stereocenters.